The first kappa shape index (κ1) is 14.5. The van der Waals surface area contributed by atoms with Gasteiger partial charge in [-0.15, -0.1) is 6.58 Å². The van der Waals surface area contributed by atoms with Crippen LogP contribution in [0.3, 0.4) is 0 Å². The molecule has 1 aliphatic rings. The van der Waals surface area contributed by atoms with Crippen molar-refractivity contribution in [2.45, 2.75) is 0 Å². The summed E-state index contributed by atoms with van der Waals surface area (Å²) in [5, 5.41) is 2.80. The van der Waals surface area contributed by atoms with E-state index in [0.29, 0.717) is 13.1 Å². The Morgan fingerprint density at radius 3 is 2.60 bits per heavy atom. The third-order valence-corrected chi connectivity index (χ3v) is 3.52. The minimum atomic E-state index is -0.211. The Morgan fingerprint density at radius 2 is 2.00 bits per heavy atom. The number of hydrogen-bond acceptors (Lipinski definition) is 2. The van der Waals surface area contributed by atoms with Crippen molar-refractivity contribution in [3.05, 3.63) is 42.7 Å². The third kappa shape index (κ3) is 4.06. The van der Waals surface area contributed by atoms with Gasteiger partial charge in [0, 0.05) is 12.2 Å². The molecule has 5 heteroatoms. The highest BCUT2D eigenvalue weighted by Gasteiger charge is 2.21. The number of carbonyl (C=O) groups is 1. The maximum atomic E-state index is 12.9. The van der Waals surface area contributed by atoms with Crippen molar-refractivity contribution in [1.29, 1.82) is 0 Å². The Labute approximate surface area is 118 Å². The largest absolute Gasteiger partial charge is 0.360 e. The van der Waals surface area contributed by atoms with Crippen LogP contribution in [0.15, 0.2) is 36.9 Å². The summed E-state index contributed by atoms with van der Waals surface area (Å²) in [5.74, 6) is -0.146. The van der Waals surface area contributed by atoms with E-state index in [9.17, 15) is 9.18 Å². The lowest BCUT2D eigenvalue weighted by Crippen LogP contribution is -3.15. The monoisotopic (exact) mass is 278 g/mol. The number of nitrogens with zero attached hydrogens (tertiary/aromatic N) is 1. The van der Waals surface area contributed by atoms with Crippen LogP contribution in [0.1, 0.15) is 0 Å². The van der Waals surface area contributed by atoms with Crippen LogP contribution in [0.5, 0.6) is 0 Å². The number of benzene rings is 1. The Hall–Kier alpha value is -1.88. The molecule has 1 aliphatic heterocycles. The van der Waals surface area contributed by atoms with Crippen LogP contribution >= 0.6 is 0 Å². The van der Waals surface area contributed by atoms with E-state index >= 15 is 0 Å². The van der Waals surface area contributed by atoms with Gasteiger partial charge in [0.2, 0.25) is 0 Å². The van der Waals surface area contributed by atoms with Crippen molar-refractivity contribution in [3.63, 3.8) is 0 Å². The van der Waals surface area contributed by atoms with Crippen molar-refractivity contribution in [2.75, 3.05) is 44.2 Å². The Balaban J connectivity index is 1.78. The Kier molecular flexibility index (Phi) is 5.12. The topological polar surface area (TPSA) is 36.8 Å². The van der Waals surface area contributed by atoms with Gasteiger partial charge in [0.15, 0.2) is 6.54 Å². The first-order valence-electron chi connectivity index (χ1n) is 6.90. The Bertz CT molecular complexity index is 453. The van der Waals surface area contributed by atoms with Gasteiger partial charge in [-0.1, -0.05) is 6.08 Å². The summed E-state index contributed by atoms with van der Waals surface area (Å²) < 4.78 is 12.9. The molecule has 0 unspecified atom stereocenters. The minimum Gasteiger partial charge on any atom is -0.360 e. The van der Waals surface area contributed by atoms with E-state index < -0.39 is 0 Å². The SMILES string of the molecule is C=CCNC(=O)C[NH+]1CCN(c2ccc(F)cc2)CC1. The summed E-state index contributed by atoms with van der Waals surface area (Å²) in [4.78, 5) is 15.1. The maximum absolute atomic E-state index is 12.9. The van der Waals surface area contributed by atoms with Crippen LogP contribution in [0.2, 0.25) is 0 Å². The van der Waals surface area contributed by atoms with Crippen LogP contribution < -0.4 is 15.1 Å². The van der Waals surface area contributed by atoms with Gasteiger partial charge < -0.3 is 15.1 Å². The van der Waals surface area contributed by atoms with Gasteiger partial charge in [0.25, 0.3) is 5.91 Å². The molecule has 1 aromatic carbocycles. The molecule has 1 aromatic rings. The highest BCUT2D eigenvalue weighted by Crippen LogP contribution is 2.14. The molecule has 0 radical (unpaired) electrons. The molecule has 1 fully saturated rings. The summed E-state index contributed by atoms with van der Waals surface area (Å²) in [6.07, 6.45) is 1.68. The van der Waals surface area contributed by atoms with Crippen molar-refractivity contribution >= 4 is 11.6 Å². The normalized spacial score (nSPS) is 15.9. The zero-order valence-electron chi connectivity index (χ0n) is 11.6. The molecule has 108 valence electrons. The van der Waals surface area contributed by atoms with Gasteiger partial charge in [-0.25, -0.2) is 4.39 Å². The molecule has 20 heavy (non-hydrogen) atoms. The smallest absolute Gasteiger partial charge is 0.275 e. The molecule has 0 saturated carbocycles. The standard InChI is InChI=1S/C15H20FN3O/c1-2-7-17-15(20)12-18-8-10-19(11-9-18)14-5-3-13(16)4-6-14/h2-6H,1,7-12H2,(H,17,20)/p+1. The zero-order valence-corrected chi connectivity index (χ0v) is 11.6. The van der Waals surface area contributed by atoms with Crippen molar-refractivity contribution in [3.8, 4) is 0 Å². The molecule has 2 N–H and O–H groups in total. The number of anilines is 1. The molecule has 1 saturated heterocycles. The van der Waals surface area contributed by atoms with Gasteiger partial charge in [-0.05, 0) is 24.3 Å². The second kappa shape index (κ2) is 7.05. The van der Waals surface area contributed by atoms with Gasteiger partial charge >= 0.3 is 0 Å². The molecule has 2 rings (SSSR count). The summed E-state index contributed by atoms with van der Waals surface area (Å²) in [6, 6.07) is 6.57. The molecule has 0 bridgehead atoms. The highest BCUT2D eigenvalue weighted by molar-refractivity contribution is 5.76. The molecule has 0 aliphatic carbocycles. The number of carbonyl (C=O) groups excluding carboxylic acids is 1. The van der Waals surface area contributed by atoms with E-state index in [2.05, 4.69) is 16.8 Å². The number of amides is 1. The average molecular weight is 278 g/mol. The summed E-state index contributed by atoms with van der Waals surface area (Å²) in [7, 11) is 0. The van der Waals surface area contributed by atoms with Crippen LogP contribution in [0.25, 0.3) is 0 Å². The predicted molar refractivity (Wildman–Crippen MR) is 77.4 cm³/mol. The van der Waals surface area contributed by atoms with Gasteiger partial charge in [-0.2, -0.15) is 0 Å². The van der Waals surface area contributed by atoms with Crippen LogP contribution in [-0.2, 0) is 4.79 Å². The number of piperazine rings is 1. The van der Waals surface area contributed by atoms with Gasteiger partial charge in [0.05, 0.1) is 26.2 Å². The lowest BCUT2D eigenvalue weighted by atomic mass is 10.2. The number of halogens is 1. The maximum Gasteiger partial charge on any atom is 0.275 e. The molecule has 1 amide bonds. The second-order valence-corrected chi connectivity index (χ2v) is 4.98. The molecule has 0 aromatic heterocycles. The minimum absolute atomic E-state index is 0.0649. The molecule has 0 atom stereocenters. The summed E-state index contributed by atoms with van der Waals surface area (Å²) in [5.41, 5.74) is 1.04. The lowest BCUT2D eigenvalue weighted by Gasteiger charge is -2.33. The lowest BCUT2D eigenvalue weighted by molar-refractivity contribution is -0.892. The Morgan fingerprint density at radius 1 is 1.35 bits per heavy atom. The van der Waals surface area contributed by atoms with Crippen molar-refractivity contribution < 1.29 is 14.1 Å². The first-order chi connectivity index (χ1) is 9.69. The second-order valence-electron chi connectivity index (χ2n) is 4.98. The zero-order chi connectivity index (χ0) is 14.4. The van der Waals surface area contributed by atoms with E-state index in [-0.39, 0.29) is 11.7 Å². The highest BCUT2D eigenvalue weighted by atomic mass is 19.1. The van der Waals surface area contributed by atoms with E-state index in [4.69, 9.17) is 0 Å². The van der Waals surface area contributed by atoms with Crippen molar-refractivity contribution in [1.82, 2.24) is 5.32 Å². The first-order valence-corrected chi connectivity index (χ1v) is 6.90. The van der Waals surface area contributed by atoms with Crippen LogP contribution in [0, 0.1) is 5.82 Å². The van der Waals surface area contributed by atoms with E-state index in [1.54, 1.807) is 18.2 Å². The fourth-order valence-electron chi connectivity index (χ4n) is 2.39. The quantitative estimate of drug-likeness (QED) is 0.734. The van der Waals surface area contributed by atoms with Gasteiger partial charge in [-0.3, -0.25) is 4.79 Å². The van der Waals surface area contributed by atoms with Crippen LogP contribution in [0.4, 0.5) is 10.1 Å². The summed E-state index contributed by atoms with van der Waals surface area (Å²) >= 11 is 0. The molecular formula is C15H21FN3O+. The fraction of sp³-hybridized carbons (Fsp3) is 0.400. The van der Waals surface area contributed by atoms with Crippen LogP contribution in [-0.4, -0.2) is 45.2 Å². The number of quaternary nitrogens is 1. The van der Waals surface area contributed by atoms with E-state index in [1.165, 1.54) is 17.0 Å². The average Bonchev–Trinajstić information content (AvgIpc) is 2.47. The molecule has 4 nitrogen and oxygen atoms in total. The molecular weight excluding hydrogens is 257 g/mol. The molecule has 0 spiro atoms. The van der Waals surface area contributed by atoms with E-state index in [0.717, 1.165) is 31.9 Å². The molecule has 1 heterocycles. The predicted octanol–water partition coefficient (Wildman–Crippen LogP) is -0.167. The third-order valence-electron chi connectivity index (χ3n) is 3.52. The van der Waals surface area contributed by atoms with Gasteiger partial charge in [0.1, 0.15) is 5.82 Å². The van der Waals surface area contributed by atoms with E-state index in [1.807, 2.05) is 0 Å². The summed E-state index contributed by atoms with van der Waals surface area (Å²) in [6.45, 7) is 8.20. The number of rotatable bonds is 5. The fourth-order valence-corrected chi connectivity index (χ4v) is 2.39. The number of nitrogens with one attached hydrogen (secondary N) is 2. The van der Waals surface area contributed by atoms with Crippen molar-refractivity contribution in [2.24, 2.45) is 0 Å². The number of hydrogen-bond donors (Lipinski definition) is 2.